The molecular weight excluding hydrogens is 238 g/mol. The molecule has 1 heterocycles. The van der Waals surface area contributed by atoms with E-state index in [0.29, 0.717) is 5.92 Å². The summed E-state index contributed by atoms with van der Waals surface area (Å²) in [6, 6.07) is 7.94. The normalized spacial score (nSPS) is 14.3. The van der Waals surface area contributed by atoms with Crippen LogP contribution in [0.2, 0.25) is 0 Å². The van der Waals surface area contributed by atoms with Crippen LogP contribution in [0.15, 0.2) is 24.3 Å². The topological polar surface area (TPSA) is 69.6 Å². The van der Waals surface area contributed by atoms with Gasteiger partial charge in [-0.25, -0.2) is 4.68 Å². The van der Waals surface area contributed by atoms with Crippen molar-refractivity contribution in [1.29, 1.82) is 0 Å². The first-order valence-electron chi connectivity index (χ1n) is 6.75. The van der Waals surface area contributed by atoms with Gasteiger partial charge in [-0.2, -0.15) is 0 Å². The van der Waals surface area contributed by atoms with Gasteiger partial charge >= 0.3 is 0 Å². The maximum Gasteiger partial charge on any atom is 0.182 e. The van der Waals surface area contributed by atoms with Gasteiger partial charge in [0.1, 0.15) is 0 Å². The van der Waals surface area contributed by atoms with Crippen LogP contribution in [0.1, 0.15) is 39.7 Å². The molecule has 102 valence electrons. The van der Waals surface area contributed by atoms with Crippen LogP contribution in [0.25, 0.3) is 11.4 Å². The molecule has 0 aliphatic heterocycles. The maximum absolute atomic E-state index is 5.82. The smallest absolute Gasteiger partial charge is 0.182 e. The van der Waals surface area contributed by atoms with Crippen molar-refractivity contribution in [2.75, 3.05) is 5.73 Å². The third-order valence-corrected chi connectivity index (χ3v) is 3.50. The van der Waals surface area contributed by atoms with Crippen molar-refractivity contribution in [2.24, 2.45) is 5.92 Å². The molecule has 1 aromatic carbocycles. The second kappa shape index (κ2) is 5.82. The van der Waals surface area contributed by atoms with Gasteiger partial charge in [0.15, 0.2) is 5.82 Å². The molecule has 2 N–H and O–H groups in total. The van der Waals surface area contributed by atoms with E-state index in [1.54, 1.807) is 0 Å². The molecule has 0 bridgehead atoms. The third-order valence-electron chi connectivity index (χ3n) is 3.50. The van der Waals surface area contributed by atoms with Crippen LogP contribution in [-0.4, -0.2) is 20.2 Å². The second-order valence-electron chi connectivity index (χ2n) is 5.17. The van der Waals surface area contributed by atoms with Crippen molar-refractivity contribution >= 4 is 5.69 Å². The van der Waals surface area contributed by atoms with E-state index < -0.39 is 0 Å². The van der Waals surface area contributed by atoms with E-state index in [1.807, 2.05) is 28.9 Å². The fraction of sp³-hybridized carbons (Fsp3) is 0.500. The van der Waals surface area contributed by atoms with Crippen LogP contribution in [0.5, 0.6) is 0 Å². The third kappa shape index (κ3) is 3.10. The van der Waals surface area contributed by atoms with Crippen molar-refractivity contribution in [3.63, 3.8) is 0 Å². The quantitative estimate of drug-likeness (QED) is 0.838. The summed E-state index contributed by atoms with van der Waals surface area (Å²) in [5.41, 5.74) is 7.50. The van der Waals surface area contributed by atoms with Gasteiger partial charge in [-0.15, -0.1) is 5.10 Å². The van der Waals surface area contributed by atoms with Crippen molar-refractivity contribution in [2.45, 2.75) is 39.7 Å². The van der Waals surface area contributed by atoms with Gasteiger partial charge in [-0.1, -0.05) is 32.4 Å². The van der Waals surface area contributed by atoms with Gasteiger partial charge in [0.2, 0.25) is 0 Å². The molecule has 2 unspecified atom stereocenters. The second-order valence-corrected chi connectivity index (χ2v) is 5.17. The molecule has 0 amide bonds. The average Bonchev–Trinajstić information content (AvgIpc) is 2.87. The van der Waals surface area contributed by atoms with Crippen molar-refractivity contribution < 1.29 is 0 Å². The molecule has 0 aliphatic rings. The number of hydrogen-bond donors (Lipinski definition) is 1. The highest BCUT2D eigenvalue weighted by atomic mass is 15.5. The molecule has 0 saturated carbocycles. The highest BCUT2D eigenvalue weighted by Crippen LogP contribution is 2.24. The molecule has 2 aromatic rings. The number of hydrogen-bond acceptors (Lipinski definition) is 4. The lowest BCUT2D eigenvalue weighted by Gasteiger charge is -2.17. The predicted molar refractivity (Wildman–Crippen MR) is 76.4 cm³/mol. The summed E-state index contributed by atoms with van der Waals surface area (Å²) in [4.78, 5) is 0. The Kier molecular flexibility index (Phi) is 4.14. The summed E-state index contributed by atoms with van der Waals surface area (Å²) >= 11 is 0. The van der Waals surface area contributed by atoms with Crippen molar-refractivity contribution in [3.05, 3.63) is 24.3 Å². The van der Waals surface area contributed by atoms with E-state index in [1.165, 1.54) is 6.42 Å². The SMILES string of the molecule is CCC(C)CC(C)n1nnnc1-c1cccc(N)c1. The monoisotopic (exact) mass is 259 g/mol. The fourth-order valence-electron chi connectivity index (χ4n) is 2.21. The number of tetrazole rings is 1. The van der Waals surface area contributed by atoms with Crippen molar-refractivity contribution in [1.82, 2.24) is 20.2 Å². The first-order valence-corrected chi connectivity index (χ1v) is 6.75. The zero-order valence-electron chi connectivity index (χ0n) is 11.7. The molecule has 1 aromatic heterocycles. The van der Waals surface area contributed by atoms with E-state index in [-0.39, 0.29) is 6.04 Å². The Balaban J connectivity index is 2.27. The summed E-state index contributed by atoms with van der Waals surface area (Å²) in [6.45, 7) is 6.61. The van der Waals surface area contributed by atoms with E-state index in [2.05, 4.69) is 36.3 Å². The van der Waals surface area contributed by atoms with E-state index in [9.17, 15) is 0 Å². The van der Waals surface area contributed by atoms with E-state index >= 15 is 0 Å². The molecule has 5 heteroatoms. The van der Waals surface area contributed by atoms with Gasteiger partial charge in [0.05, 0.1) is 6.04 Å². The molecule has 0 fully saturated rings. The molecular formula is C14H21N5. The van der Waals surface area contributed by atoms with E-state index in [0.717, 1.165) is 23.5 Å². The van der Waals surface area contributed by atoms with E-state index in [4.69, 9.17) is 5.73 Å². The molecule has 0 aliphatic carbocycles. The Labute approximate surface area is 113 Å². The number of benzene rings is 1. The van der Waals surface area contributed by atoms with Gasteiger partial charge in [0.25, 0.3) is 0 Å². The molecule has 0 saturated heterocycles. The van der Waals surface area contributed by atoms with Crippen LogP contribution in [0, 0.1) is 5.92 Å². The Hall–Kier alpha value is -1.91. The van der Waals surface area contributed by atoms with Crippen LogP contribution in [0.3, 0.4) is 0 Å². The highest BCUT2D eigenvalue weighted by molar-refractivity contribution is 5.60. The number of anilines is 1. The Morgan fingerprint density at radius 2 is 2.11 bits per heavy atom. The molecule has 0 spiro atoms. The maximum atomic E-state index is 5.82. The largest absolute Gasteiger partial charge is 0.399 e. The summed E-state index contributed by atoms with van der Waals surface area (Å²) in [6.07, 6.45) is 2.23. The predicted octanol–water partition coefficient (Wildman–Crippen LogP) is 2.92. The molecule has 5 nitrogen and oxygen atoms in total. The van der Waals surface area contributed by atoms with Crippen LogP contribution in [-0.2, 0) is 0 Å². The lowest BCUT2D eigenvalue weighted by Crippen LogP contribution is -2.12. The van der Waals surface area contributed by atoms with Gasteiger partial charge in [-0.3, -0.25) is 0 Å². The van der Waals surface area contributed by atoms with Crippen molar-refractivity contribution in [3.8, 4) is 11.4 Å². The minimum absolute atomic E-state index is 0.279. The average molecular weight is 259 g/mol. The Morgan fingerprint density at radius 1 is 1.32 bits per heavy atom. The Bertz CT molecular complexity index is 534. The van der Waals surface area contributed by atoms with Gasteiger partial charge in [-0.05, 0) is 41.8 Å². The van der Waals surface area contributed by atoms with Gasteiger partial charge < -0.3 is 5.73 Å². The first-order chi connectivity index (χ1) is 9.11. The molecule has 0 radical (unpaired) electrons. The van der Waals surface area contributed by atoms with Crippen LogP contribution in [0.4, 0.5) is 5.69 Å². The number of rotatable bonds is 5. The number of nitrogen functional groups attached to an aromatic ring is 1. The zero-order chi connectivity index (χ0) is 13.8. The summed E-state index contributed by atoms with van der Waals surface area (Å²) < 4.78 is 1.89. The highest BCUT2D eigenvalue weighted by Gasteiger charge is 2.16. The lowest BCUT2D eigenvalue weighted by atomic mass is 10.0. The summed E-state index contributed by atoms with van der Waals surface area (Å²) in [7, 11) is 0. The number of nitrogens with zero attached hydrogens (tertiary/aromatic N) is 4. The number of aromatic nitrogens is 4. The summed E-state index contributed by atoms with van der Waals surface area (Å²) in [5.74, 6) is 1.44. The summed E-state index contributed by atoms with van der Waals surface area (Å²) in [5, 5.41) is 12.1. The standard InChI is InChI=1S/C14H21N5/c1-4-10(2)8-11(3)19-14(16-17-18-19)12-6-5-7-13(15)9-12/h5-7,9-11H,4,8,15H2,1-3H3. The van der Waals surface area contributed by atoms with Crippen LogP contribution >= 0.6 is 0 Å². The van der Waals surface area contributed by atoms with Gasteiger partial charge in [0, 0.05) is 11.3 Å². The minimum atomic E-state index is 0.279. The lowest BCUT2D eigenvalue weighted by molar-refractivity contribution is 0.371. The minimum Gasteiger partial charge on any atom is -0.399 e. The first kappa shape index (κ1) is 13.5. The molecule has 2 atom stereocenters. The Morgan fingerprint density at radius 3 is 2.79 bits per heavy atom. The zero-order valence-corrected chi connectivity index (χ0v) is 11.7. The van der Waals surface area contributed by atoms with Crippen LogP contribution < -0.4 is 5.73 Å². The number of nitrogens with two attached hydrogens (primary N) is 1. The molecule has 2 rings (SSSR count). The molecule has 19 heavy (non-hydrogen) atoms. The fourth-order valence-corrected chi connectivity index (χ4v) is 2.21.